The normalized spacial score (nSPS) is 14.4. The third kappa shape index (κ3) is 4.79. The van der Waals surface area contributed by atoms with Crippen molar-refractivity contribution in [2.75, 3.05) is 0 Å². The van der Waals surface area contributed by atoms with Gasteiger partial charge >= 0.3 is 0 Å². The lowest BCUT2D eigenvalue weighted by Gasteiger charge is -2.12. The number of allylic oxidation sites excluding steroid dienone is 1. The topological polar surface area (TPSA) is 70.4 Å². The highest BCUT2D eigenvalue weighted by molar-refractivity contribution is 6.04. The van der Waals surface area contributed by atoms with Crippen LogP contribution in [0.15, 0.2) is 52.2 Å². The highest BCUT2D eigenvalue weighted by Gasteiger charge is 2.24. The second-order valence-electron chi connectivity index (χ2n) is 9.42. The van der Waals surface area contributed by atoms with E-state index in [0.717, 1.165) is 45.0 Å². The minimum Gasteiger partial charge on any atom is -0.441 e. The molecule has 35 heavy (non-hydrogen) atoms. The fraction of sp³-hybridized carbons (Fsp3) is 0.267. The highest BCUT2D eigenvalue weighted by atomic mass is 16.5. The number of rotatable bonds is 4. The van der Waals surface area contributed by atoms with Crippen LogP contribution >= 0.6 is 0 Å². The molecule has 0 unspecified atom stereocenters. The Morgan fingerprint density at radius 3 is 2.09 bits per heavy atom. The Bertz CT molecular complexity index is 1450. The van der Waals surface area contributed by atoms with E-state index in [1.807, 2.05) is 46.8 Å². The van der Waals surface area contributed by atoms with Crippen molar-refractivity contribution in [2.45, 2.75) is 55.4 Å². The summed E-state index contributed by atoms with van der Waals surface area (Å²) < 4.78 is 12.3. The number of aryl methyl sites for hydroxylation is 7. The zero-order valence-electron chi connectivity index (χ0n) is 21.7. The van der Waals surface area contributed by atoms with Crippen LogP contribution in [0.5, 0.6) is 17.4 Å². The van der Waals surface area contributed by atoms with Crippen LogP contribution in [-0.2, 0) is 0 Å². The number of hydrogen-bond acceptors (Lipinski definition) is 4. The molecule has 0 fully saturated rings. The number of H-pyrrole nitrogens is 1. The number of hydrogen-bond donors (Lipinski definition) is 1. The maximum absolute atomic E-state index is 9.82. The summed E-state index contributed by atoms with van der Waals surface area (Å²) in [5, 5.41) is 9.82. The first kappa shape index (κ1) is 24.1. The van der Waals surface area contributed by atoms with Gasteiger partial charge in [0.05, 0.1) is 5.70 Å². The van der Waals surface area contributed by atoms with Gasteiger partial charge < -0.3 is 14.5 Å². The Kier molecular flexibility index (Phi) is 6.41. The molecule has 0 spiro atoms. The Morgan fingerprint density at radius 1 is 0.771 bits per heavy atom. The van der Waals surface area contributed by atoms with Gasteiger partial charge in [0.2, 0.25) is 5.90 Å². The fourth-order valence-electron chi connectivity index (χ4n) is 4.35. The van der Waals surface area contributed by atoms with Crippen molar-refractivity contribution in [1.29, 1.82) is 5.26 Å². The second kappa shape index (κ2) is 9.31. The molecular weight excluding hydrogens is 434 g/mol. The lowest BCUT2D eigenvalue weighted by molar-refractivity contribution is 0.462. The molecule has 1 N–H and O–H groups in total. The predicted molar refractivity (Wildman–Crippen MR) is 141 cm³/mol. The number of aromatic nitrogens is 1. The predicted octanol–water partition coefficient (Wildman–Crippen LogP) is 7.64. The molecule has 0 saturated carbocycles. The lowest BCUT2D eigenvalue weighted by atomic mass is 10.1. The van der Waals surface area contributed by atoms with Gasteiger partial charge in [-0.3, -0.25) is 0 Å². The summed E-state index contributed by atoms with van der Waals surface area (Å²) >= 11 is 0. The molecule has 0 radical (unpaired) electrons. The lowest BCUT2D eigenvalue weighted by Crippen LogP contribution is -2.10. The molecule has 1 aliphatic rings. The molecule has 3 aromatic rings. The summed E-state index contributed by atoms with van der Waals surface area (Å²) in [5.74, 6) is 2.56. The van der Waals surface area contributed by atoms with Crippen molar-refractivity contribution >= 4 is 12.0 Å². The number of nitrogens with zero attached hydrogens (tertiary/aromatic N) is 2. The van der Waals surface area contributed by atoms with E-state index < -0.39 is 0 Å². The number of nitrogens with one attached hydrogen (secondary N) is 1. The molecule has 2 aromatic carbocycles. The van der Waals surface area contributed by atoms with Crippen LogP contribution in [0, 0.1) is 59.8 Å². The van der Waals surface area contributed by atoms with E-state index in [0.29, 0.717) is 23.0 Å². The molecule has 178 valence electrons. The Hall–Kier alpha value is -4.04. The summed E-state index contributed by atoms with van der Waals surface area (Å²) in [5.41, 5.74) is 10.5. The van der Waals surface area contributed by atoms with Gasteiger partial charge in [0.25, 0.3) is 0 Å². The van der Waals surface area contributed by atoms with Gasteiger partial charge in [0, 0.05) is 11.8 Å². The van der Waals surface area contributed by atoms with Crippen molar-refractivity contribution in [3.05, 3.63) is 91.8 Å². The van der Waals surface area contributed by atoms with E-state index in [1.54, 1.807) is 0 Å². The monoisotopic (exact) mass is 465 g/mol. The molecule has 0 saturated heterocycles. The van der Waals surface area contributed by atoms with E-state index in [1.165, 1.54) is 16.7 Å². The molecule has 0 bridgehead atoms. The maximum Gasteiger partial charge on any atom is 0.238 e. The number of ether oxygens (including phenoxy) is 2. The van der Waals surface area contributed by atoms with E-state index in [4.69, 9.17) is 9.47 Å². The van der Waals surface area contributed by atoms with Crippen LogP contribution in [-0.4, -0.2) is 10.9 Å². The van der Waals surface area contributed by atoms with E-state index >= 15 is 0 Å². The summed E-state index contributed by atoms with van der Waals surface area (Å²) in [6, 6.07) is 12.6. The van der Waals surface area contributed by atoms with E-state index in [-0.39, 0.29) is 0 Å². The van der Waals surface area contributed by atoms with Crippen molar-refractivity contribution < 1.29 is 9.47 Å². The molecule has 1 aromatic heterocycles. The Labute approximate surface area is 207 Å². The molecule has 5 nitrogen and oxygen atoms in total. The van der Waals surface area contributed by atoms with Crippen LogP contribution in [0.2, 0.25) is 0 Å². The van der Waals surface area contributed by atoms with Gasteiger partial charge in [0.1, 0.15) is 23.1 Å². The van der Waals surface area contributed by atoms with Crippen LogP contribution < -0.4 is 9.47 Å². The number of nitriles is 1. The minimum atomic E-state index is 0.331. The van der Waals surface area contributed by atoms with Gasteiger partial charge in [0.15, 0.2) is 5.88 Å². The first-order chi connectivity index (χ1) is 16.6. The van der Waals surface area contributed by atoms with Crippen molar-refractivity contribution in [3.8, 4) is 23.4 Å². The highest BCUT2D eigenvalue weighted by Crippen LogP contribution is 2.33. The van der Waals surface area contributed by atoms with Crippen LogP contribution in [0.1, 0.15) is 51.6 Å². The van der Waals surface area contributed by atoms with Gasteiger partial charge in [-0.25, -0.2) is 4.99 Å². The number of benzene rings is 2. The quantitative estimate of drug-likeness (QED) is 0.430. The van der Waals surface area contributed by atoms with E-state index in [2.05, 4.69) is 61.1 Å². The molecule has 5 heteroatoms. The molecule has 2 heterocycles. The summed E-state index contributed by atoms with van der Waals surface area (Å²) in [6.07, 6.45) is 1.94. The van der Waals surface area contributed by atoms with Crippen LogP contribution in [0.4, 0.5) is 0 Å². The third-order valence-corrected chi connectivity index (χ3v) is 6.43. The average Bonchev–Trinajstić information content (AvgIpc) is 3.27. The van der Waals surface area contributed by atoms with Crippen molar-refractivity contribution in [2.24, 2.45) is 4.99 Å². The molecule has 0 amide bonds. The summed E-state index contributed by atoms with van der Waals surface area (Å²) in [4.78, 5) is 8.03. The average molecular weight is 466 g/mol. The van der Waals surface area contributed by atoms with Gasteiger partial charge in [-0.15, -0.1) is 0 Å². The SMILES string of the molecule is CC1=C(C#N)C(Oc2c(C)cc(C)cc2C)=N/C1=C\c1[nH]c(Oc2cc(C)c(C)cc2C)cc1C. The number of aromatic amines is 1. The summed E-state index contributed by atoms with van der Waals surface area (Å²) in [7, 11) is 0. The van der Waals surface area contributed by atoms with E-state index in [9.17, 15) is 5.26 Å². The Balaban J connectivity index is 1.65. The van der Waals surface area contributed by atoms with Gasteiger partial charge in [-0.1, -0.05) is 23.8 Å². The molecule has 0 atom stereocenters. The summed E-state index contributed by atoms with van der Waals surface area (Å²) in [6.45, 7) is 16.2. The first-order valence-electron chi connectivity index (χ1n) is 11.7. The maximum atomic E-state index is 9.82. The van der Waals surface area contributed by atoms with Gasteiger partial charge in [-0.2, -0.15) is 5.26 Å². The second-order valence-corrected chi connectivity index (χ2v) is 9.42. The zero-order valence-corrected chi connectivity index (χ0v) is 21.7. The molecule has 0 aliphatic carbocycles. The minimum absolute atomic E-state index is 0.331. The van der Waals surface area contributed by atoms with Gasteiger partial charge in [-0.05, 0) is 106 Å². The number of aliphatic imine (C=N–C) groups is 1. The largest absolute Gasteiger partial charge is 0.441 e. The Morgan fingerprint density at radius 2 is 1.43 bits per heavy atom. The zero-order chi connectivity index (χ0) is 25.4. The van der Waals surface area contributed by atoms with Crippen LogP contribution in [0.3, 0.4) is 0 Å². The molecule has 1 aliphatic heterocycles. The fourth-order valence-corrected chi connectivity index (χ4v) is 4.35. The van der Waals surface area contributed by atoms with Crippen molar-refractivity contribution in [3.63, 3.8) is 0 Å². The third-order valence-electron chi connectivity index (χ3n) is 6.43. The molecular formula is C30H31N3O2. The smallest absolute Gasteiger partial charge is 0.238 e. The standard InChI is InChI=1S/C30H31N3O2/c1-16-9-21(6)29(22(7)10-16)35-30-24(15-31)23(8)26(33-30)14-25-19(4)13-28(32-25)34-27-12-18(3)17(2)11-20(27)5/h9-14,32H,1-8H3/b26-14-. The van der Waals surface area contributed by atoms with Crippen LogP contribution in [0.25, 0.3) is 6.08 Å². The first-order valence-corrected chi connectivity index (χ1v) is 11.7. The van der Waals surface area contributed by atoms with Crippen molar-refractivity contribution in [1.82, 2.24) is 4.98 Å². The molecule has 4 rings (SSSR count).